The van der Waals surface area contributed by atoms with Crippen molar-refractivity contribution in [3.63, 3.8) is 0 Å². The number of aliphatic hydroxyl groups is 1. The molecule has 0 aliphatic rings. The number of nitrogens with one attached hydrogen (secondary N) is 1. The number of aliphatic hydroxyl groups excluding tert-OH is 1. The van der Waals surface area contributed by atoms with E-state index in [9.17, 15) is 9.90 Å². The molecule has 0 bridgehead atoms. The van der Waals surface area contributed by atoms with Gasteiger partial charge in [0.2, 0.25) is 0 Å². The molecule has 3 heterocycles. The summed E-state index contributed by atoms with van der Waals surface area (Å²) in [6.07, 6.45) is 0.935. The van der Waals surface area contributed by atoms with Crippen molar-refractivity contribution in [2.24, 2.45) is 0 Å². The summed E-state index contributed by atoms with van der Waals surface area (Å²) in [5.74, 6) is 2.07. The Hall–Kier alpha value is -3.72. The number of aromatic amines is 1. The molecule has 5 rings (SSSR count). The molecular formula is C27H25N3O4S. The number of furan rings is 1. The van der Waals surface area contributed by atoms with Crippen LogP contribution in [-0.4, -0.2) is 33.6 Å². The molecule has 1 atom stereocenters. The van der Waals surface area contributed by atoms with Crippen molar-refractivity contribution in [1.82, 2.24) is 14.9 Å². The molecule has 178 valence electrons. The highest BCUT2D eigenvalue weighted by molar-refractivity contribution is 7.17. The van der Waals surface area contributed by atoms with Gasteiger partial charge in [0.25, 0.3) is 5.56 Å². The number of fused-ring (bicyclic) bond motifs is 1. The second-order valence-electron chi connectivity index (χ2n) is 8.25. The Morgan fingerprint density at radius 1 is 1.09 bits per heavy atom. The molecule has 0 saturated heterocycles. The number of ether oxygens (including phenoxy) is 1. The lowest BCUT2D eigenvalue weighted by Crippen LogP contribution is -2.29. The van der Waals surface area contributed by atoms with E-state index >= 15 is 0 Å². The molecule has 0 spiro atoms. The van der Waals surface area contributed by atoms with Gasteiger partial charge in [-0.3, -0.25) is 9.69 Å². The zero-order valence-electron chi connectivity index (χ0n) is 19.2. The van der Waals surface area contributed by atoms with E-state index in [1.165, 1.54) is 11.3 Å². The van der Waals surface area contributed by atoms with Gasteiger partial charge in [0, 0.05) is 17.5 Å². The molecule has 1 unspecified atom stereocenters. The molecule has 3 aromatic heterocycles. The number of hydrogen-bond donors (Lipinski definition) is 2. The van der Waals surface area contributed by atoms with Crippen LogP contribution in [0.2, 0.25) is 0 Å². The minimum Gasteiger partial charge on any atom is -0.497 e. The fourth-order valence-corrected chi connectivity index (χ4v) is 5.06. The summed E-state index contributed by atoms with van der Waals surface area (Å²) in [5, 5.41) is 13.4. The lowest BCUT2D eigenvalue weighted by atomic mass is 10.1. The number of rotatable bonds is 9. The van der Waals surface area contributed by atoms with Crippen LogP contribution < -0.4 is 10.3 Å². The van der Waals surface area contributed by atoms with Crippen LogP contribution in [-0.2, 0) is 13.1 Å². The number of H-pyrrole nitrogens is 1. The van der Waals surface area contributed by atoms with Crippen LogP contribution >= 0.6 is 11.3 Å². The maximum absolute atomic E-state index is 13.1. The lowest BCUT2D eigenvalue weighted by molar-refractivity contribution is 0.0989. The fraction of sp³-hybridized carbons (Fsp3) is 0.185. The van der Waals surface area contributed by atoms with Gasteiger partial charge in [-0.05, 0) is 35.4 Å². The van der Waals surface area contributed by atoms with Gasteiger partial charge < -0.3 is 19.2 Å². The third-order valence-corrected chi connectivity index (χ3v) is 6.71. The Balaban J connectivity index is 1.42. The standard InChI is InChI=1S/C27H25N3O4S/c1-33-20-11-9-18(10-12-20)22-17-35-27-25(22)26(32)28-24(29-27)16-30(14-21-8-5-13-34-21)15-23(31)19-6-3-2-4-7-19/h2-13,17,23,31H,14-16H2,1H3,(H,28,29,32). The monoisotopic (exact) mass is 487 g/mol. The molecule has 0 amide bonds. The number of thiophene rings is 1. The summed E-state index contributed by atoms with van der Waals surface area (Å²) in [6.45, 7) is 1.18. The quantitative estimate of drug-likeness (QED) is 0.304. The minimum absolute atomic E-state index is 0.182. The van der Waals surface area contributed by atoms with Gasteiger partial charge in [0.05, 0.1) is 38.0 Å². The second kappa shape index (κ2) is 10.3. The van der Waals surface area contributed by atoms with Crippen molar-refractivity contribution in [2.45, 2.75) is 19.2 Å². The number of aromatic nitrogens is 2. The minimum atomic E-state index is -0.690. The maximum atomic E-state index is 13.1. The first-order chi connectivity index (χ1) is 17.1. The Morgan fingerprint density at radius 3 is 2.60 bits per heavy atom. The number of methoxy groups -OCH3 is 1. The Morgan fingerprint density at radius 2 is 1.89 bits per heavy atom. The maximum Gasteiger partial charge on any atom is 0.260 e. The van der Waals surface area contributed by atoms with Gasteiger partial charge in [-0.2, -0.15) is 0 Å². The summed E-state index contributed by atoms with van der Waals surface area (Å²) in [6, 6.07) is 20.9. The molecule has 8 heteroatoms. The van der Waals surface area contributed by atoms with E-state index in [0.29, 0.717) is 35.7 Å². The molecular weight excluding hydrogens is 462 g/mol. The molecule has 35 heavy (non-hydrogen) atoms. The van der Waals surface area contributed by atoms with Crippen molar-refractivity contribution < 1.29 is 14.3 Å². The first kappa shape index (κ1) is 23.0. The van der Waals surface area contributed by atoms with Gasteiger partial charge >= 0.3 is 0 Å². The van der Waals surface area contributed by atoms with Crippen LogP contribution in [0.3, 0.4) is 0 Å². The highest BCUT2D eigenvalue weighted by atomic mass is 32.1. The average Bonchev–Trinajstić information content (AvgIpc) is 3.55. The third kappa shape index (κ3) is 5.19. The number of benzene rings is 2. The Labute approximate surface area is 206 Å². The highest BCUT2D eigenvalue weighted by Gasteiger charge is 2.19. The van der Waals surface area contributed by atoms with Crippen LogP contribution in [0.25, 0.3) is 21.3 Å². The van der Waals surface area contributed by atoms with Crippen LogP contribution in [0.15, 0.2) is 87.6 Å². The van der Waals surface area contributed by atoms with Crippen molar-refractivity contribution in [3.05, 3.63) is 106 Å². The Bertz CT molecular complexity index is 1440. The van der Waals surface area contributed by atoms with Crippen LogP contribution in [0.5, 0.6) is 5.75 Å². The number of hydrogen-bond acceptors (Lipinski definition) is 7. The first-order valence-electron chi connectivity index (χ1n) is 11.2. The fourth-order valence-electron chi connectivity index (χ4n) is 4.10. The summed E-state index contributed by atoms with van der Waals surface area (Å²) < 4.78 is 10.8. The van der Waals surface area contributed by atoms with E-state index in [-0.39, 0.29) is 5.56 Å². The van der Waals surface area contributed by atoms with E-state index in [0.717, 1.165) is 28.2 Å². The summed E-state index contributed by atoms with van der Waals surface area (Å²) >= 11 is 1.44. The van der Waals surface area contributed by atoms with E-state index in [1.54, 1.807) is 13.4 Å². The zero-order chi connectivity index (χ0) is 24.2. The second-order valence-corrected chi connectivity index (χ2v) is 9.10. The van der Waals surface area contributed by atoms with E-state index in [2.05, 4.69) is 4.98 Å². The van der Waals surface area contributed by atoms with Crippen molar-refractivity contribution in [1.29, 1.82) is 0 Å². The number of nitrogens with zero attached hydrogens (tertiary/aromatic N) is 2. The molecule has 0 radical (unpaired) electrons. The SMILES string of the molecule is COc1ccc(-c2csc3nc(CN(Cc4ccco4)CC(O)c4ccccc4)[nH]c(=O)c23)cc1. The molecule has 0 aliphatic carbocycles. The topological polar surface area (TPSA) is 91.6 Å². The highest BCUT2D eigenvalue weighted by Crippen LogP contribution is 2.31. The first-order valence-corrected chi connectivity index (χ1v) is 12.1. The van der Waals surface area contributed by atoms with Crippen LogP contribution in [0.4, 0.5) is 0 Å². The van der Waals surface area contributed by atoms with Gasteiger partial charge in [-0.25, -0.2) is 4.98 Å². The van der Waals surface area contributed by atoms with Crippen molar-refractivity contribution in [2.75, 3.05) is 13.7 Å². The van der Waals surface area contributed by atoms with Crippen molar-refractivity contribution in [3.8, 4) is 16.9 Å². The molecule has 2 N–H and O–H groups in total. The molecule has 7 nitrogen and oxygen atoms in total. The third-order valence-electron chi connectivity index (χ3n) is 5.84. The van der Waals surface area contributed by atoms with E-state index < -0.39 is 6.10 Å². The lowest BCUT2D eigenvalue weighted by Gasteiger charge is -2.24. The summed E-state index contributed by atoms with van der Waals surface area (Å²) in [7, 11) is 1.62. The molecule has 5 aromatic rings. The van der Waals surface area contributed by atoms with Gasteiger partial charge in [0.15, 0.2) is 0 Å². The van der Waals surface area contributed by atoms with Gasteiger partial charge in [-0.1, -0.05) is 42.5 Å². The average molecular weight is 488 g/mol. The Kier molecular flexibility index (Phi) is 6.76. The van der Waals surface area contributed by atoms with Gasteiger partial charge in [0.1, 0.15) is 22.2 Å². The van der Waals surface area contributed by atoms with Crippen LogP contribution in [0.1, 0.15) is 23.3 Å². The largest absolute Gasteiger partial charge is 0.497 e. The molecule has 2 aromatic carbocycles. The molecule has 0 aliphatic heterocycles. The molecule has 0 fully saturated rings. The predicted octanol–water partition coefficient (Wildman–Crippen LogP) is 4.99. The summed E-state index contributed by atoms with van der Waals surface area (Å²) in [5.41, 5.74) is 2.43. The van der Waals surface area contributed by atoms with E-state index in [4.69, 9.17) is 14.1 Å². The predicted molar refractivity (Wildman–Crippen MR) is 136 cm³/mol. The van der Waals surface area contributed by atoms with Crippen molar-refractivity contribution >= 4 is 21.6 Å². The normalized spacial score (nSPS) is 12.3. The smallest absolute Gasteiger partial charge is 0.260 e. The van der Waals surface area contributed by atoms with Crippen LogP contribution in [0, 0.1) is 0 Å². The zero-order valence-corrected chi connectivity index (χ0v) is 20.0. The van der Waals surface area contributed by atoms with Gasteiger partial charge in [-0.15, -0.1) is 11.3 Å². The summed E-state index contributed by atoms with van der Waals surface area (Å²) in [4.78, 5) is 23.5. The molecule has 0 saturated carbocycles. The van der Waals surface area contributed by atoms with E-state index in [1.807, 2.05) is 77.0 Å².